The molecule has 0 aromatic heterocycles. The number of amides is 1. The number of aryl methyl sites for hydroxylation is 1. The molecule has 5 nitrogen and oxygen atoms in total. The summed E-state index contributed by atoms with van der Waals surface area (Å²) >= 11 is 3.43. The van der Waals surface area contributed by atoms with Crippen LogP contribution in [-0.4, -0.2) is 24.3 Å². The van der Waals surface area contributed by atoms with Crippen molar-refractivity contribution in [3.05, 3.63) is 69.7 Å². The minimum Gasteiger partial charge on any atom is -0.454 e. The summed E-state index contributed by atoms with van der Waals surface area (Å²) in [6.45, 7) is 3.03. The molecule has 0 aliphatic carbocycles. The van der Waals surface area contributed by atoms with Crippen molar-refractivity contribution in [2.75, 3.05) is 11.9 Å². The lowest BCUT2D eigenvalue weighted by molar-refractivity contribution is -0.136. The van der Waals surface area contributed by atoms with Gasteiger partial charge in [-0.3, -0.25) is 9.59 Å². The maximum absolute atomic E-state index is 12.1. The molecule has 0 unspecified atom stereocenters. The van der Waals surface area contributed by atoms with E-state index in [0.29, 0.717) is 11.3 Å². The van der Waals surface area contributed by atoms with E-state index in [1.54, 1.807) is 30.3 Å². The molecule has 0 aliphatic rings. The molecule has 0 radical (unpaired) electrons. The third-order valence-electron chi connectivity index (χ3n) is 3.43. The van der Waals surface area contributed by atoms with Crippen LogP contribution in [0.2, 0.25) is 0 Å². The number of halogens is 1. The first-order valence-electron chi connectivity index (χ1n) is 7.87. The largest absolute Gasteiger partial charge is 0.454 e. The number of benzene rings is 2. The first kappa shape index (κ1) is 19.6. The second kappa shape index (κ2) is 9.10. The van der Waals surface area contributed by atoms with Crippen LogP contribution in [0.4, 0.5) is 5.69 Å². The molecular weight excluding hydrogens is 398 g/mol. The number of esters is 1. The van der Waals surface area contributed by atoms with E-state index in [0.717, 1.165) is 15.6 Å². The number of carbonyl (C=O) groups is 3. The highest BCUT2D eigenvalue weighted by Gasteiger charge is 2.09. The number of ether oxygens (including phenoxy) is 1. The summed E-state index contributed by atoms with van der Waals surface area (Å²) in [5, 5.41) is 2.61. The molecule has 0 fully saturated rings. The summed E-state index contributed by atoms with van der Waals surface area (Å²) in [6, 6.07) is 12.1. The maximum atomic E-state index is 12.1. The minimum absolute atomic E-state index is 0.190. The van der Waals surface area contributed by atoms with Crippen molar-refractivity contribution in [1.29, 1.82) is 0 Å². The lowest BCUT2D eigenvalue weighted by atomic mass is 10.1. The van der Waals surface area contributed by atoms with Gasteiger partial charge in [0, 0.05) is 28.7 Å². The van der Waals surface area contributed by atoms with Crippen molar-refractivity contribution in [2.45, 2.75) is 13.8 Å². The Bertz CT molecular complexity index is 857. The van der Waals surface area contributed by atoms with Gasteiger partial charge in [-0.05, 0) is 54.5 Å². The van der Waals surface area contributed by atoms with Crippen LogP contribution in [0.3, 0.4) is 0 Å². The molecule has 0 atom stereocenters. The van der Waals surface area contributed by atoms with Crippen LogP contribution in [0.5, 0.6) is 0 Å². The van der Waals surface area contributed by atoms with Gasteiger partial charge in [-0.25, -0.2) is 4.79 Å². The summed E-state index contributed by atoms with van der Waals surface area (Å²) in [6.07, 6.45) is 2.90. The summed E-state index contributed by atoms with van der Waals surface area (Å²) in [5.41, 5.74) is 2.94. The SMILES string of the molecule is CC(=O)Nc1ccc(C(=O)COC(=O)/C=C/c2ccc(C)cc2Br)cc1. The lowest BCUT2D eigenvalue weighted by Gasteiger charge is -2.05. The Morgan fingerprint density at radius 2 is 1.81 bits per heavy atom. The van der Waals surface area contributed by atoms with Gasteiger partial charge >= 0.3 is 5.97 Å². The van der Waals surface area contributed by atoms with Crippen molar-refractivity contribution in [3.63, 3.8) is 0 Å². The molecule has 2 aromatic rings. The number of ketones is 1. The number of carbonyl (C=O) groups excluding carboxylic acids is 3. The quantitative estimate of drug-likeness (QED) is 0.436. The van der Waals surface area contributed by atoms with Crippen LogP contribution in [0.1, 0.15) is 28.4 Å². The van der Waals surface area contributed by atoms with Gasteiger partial charge < -0.3 is 10.1 Å². The minimum atomic E-state index is -0.597. The Balaban J connectivity index is 1.89. The van der Waals surface area contributed by atoms with Gasteiger partial charge in [0.05, 0.1) is 0 Å². The smallest absolute Gasteiger partial charge is 0.331 e. The molecule has 26 heavy (non-hydrogen) atoms. The molecule has 0 saturated heterocycles. The molecule has 0 bridgehead atoms. The number of nitrogens with one attached hydrogen (secondary N) is 1. The van der Waals surface area contributed by atoms with Gasteiger partial charge in [-0.2, -0.15) is 0 Å². The van der Waals surface area contributed by atoms with Crippen LogP contribution >= 0.6 is 15.9 Å². The molecule has 1 N–H and O–H groups in total. The third-order valence-corrected chi connectivity index (χ3v) is 4.11. The molecule has 0 aliphatic heterocycles. The fourth-order valence-corrected chi connectivity index (χ4v) is 2.76. The number of rotatable bonds is 6. The second-order valence-electron chi connectivity index (χ2n) is 5.65. The molecule has 0 saturated carbocycles. The molecule has 0 heterocycles. The van der Waals surface area contributed by atoms with E-state index in [1.165, 1.54) is 13.0 Å². The second-order valence-corrected chi connectivity index (χ2v) is 6.50. The topological polar surface area (TPSA) is 72.5 Å². The Labute approximate surface area is 160 Å². The number of Topliss-reactive ketones (excluding diaryl/α,β-unsaturated/α-hetero) is 1. The van der Waals surface area contributed by atoms with Crippen molar-refractivity contribution in [2.24, 2.45) is 0 Å². The summed E-state index contributed by atoms with van der Waals surface area (Å²) in [7, 11) is 0. The fraction of sp³-hybridized carbons (Fsp3) is 0.150. The Hall–Kier alpha value is -2.73. The van der Waals surface area contributed by atoms with Crippen molar-refractivity contribution in [3.8, 4) is 0 Å². The third kappa shape index (κ3) is 5.97. The monoisotopic (exact) mass is 415 g/mol. The maximum Gasteiger partial charge on any atom is 0.331 e. The number of hydrogen-bond acceptors (Lipinski definition) is 4. The number of hydrogen-bond donors (Lipinski definition) is 1. The van der Waals surface area contributed by atoms with E-state index >= 15 is 0 Å². The van der Waals surface area contributed by atoms with Gasteiger partial charge in [0.15, 0.2) is 12.4 Å². The molecular formula is C20H18BrNO4. The van der Waals surface area contributed by atoms with Gasteiger partial charge in [-0.1, -0.05) is 28.1 Å². The van der Waals surface area contributed by atoms with Crippen LogP contribution in [-0.2, 0) is 14.3 Å². The zero-order valence-corrected chi connectivity index (χ0v) is 16.0. The van der Waals surface area contributed by atoms with Gasteiger partial charge in [-0.15, -0.1) is 0 Å². The van der Waals surface area contributed by atoms with E-state index in [9.17, 15) is 14.4 Å². The normalized spacial score (nSPS) is 10.6. The van der Waals surface area contributed by atoms with Gasteiger partial charge in [0.2, 0.25) is 5.91 Å². The molecule has 0 spiro atoms. The van der Waals surface area contributed by atoms with Crippen LogP contribution in [0, 0.1) is 6.92 Å². The molecule has 2 aromatic carbocycles. The Kier molecular flexibility index (Phi) is 6.86. The summed E-state index contributed by atoms with van der Waals surface area (Å²) in [5.74, 6) is -1.11. The molecule has 134 valence electrons. The van der Waals surface area contributed by atoms with Gasteiger partial charge in [0.1, 0.15) is 0 Å². The van der Waals surface area contributed by atoms with E-state index in [2.05, 4.69) is 21.2 Å². The van der Waals surface area contributed by atoms with Crippen LogP contribution < -0.4 is 5.32 Å². The summed E-state index contributed by atoms with van der Waals surface area (Å²) in [4.78, 5) is 34.8. The first-order chi connectivity index (χ1) is 12.3. The molecule has 6 heteroatoms. The number of anilines is 1. The van der Waals surface area contributed by atoms with Crippen LogP contribution in [0.25, 0.3) is 6.08 Å². The predicted molar refractivity (Wildman–Crippen MR) is 104 cm³/mol. The Morgan fingerprint density at radius 3 is 2.42 bits per heavy atom. The van der Waals surface area contributed by atoms with E-state index in [-0.39, 0.29) is 18.3 Å². The van der Waals surface area contributed by atoms with Crippen molar-refractivity contribution >= 4 is 45.4 Å². The highest BCUT2D eigenvalue weighted by molar-refractivity contribution is 9.10. The average Bonchev–Trinajstić information content (AvgIpc) is 2.59. The average molecular weight is 416 g/mol. The fourth-order valence-electron chi connectivity index (χ4n) is 2.14. The predicted octanol–water partition coefficient (Wildman–Crippen LogP) is 4.16. The lowest BCUT2D eigenvalue weighted by Crippen LogP contribution is -2.13. The first-order valence-corrected chi connectivity index (χ1v) is 8.66. The Morgan fingerprint density at radius 1 is 1.12 bits per heavy atom. The van der Waals surface area contributed by atoms with E-state index < -0.39 is 5.97 Å². The molecule has 1 amide bonds. The van der Waals surface area contributed by atoms with Crippen molar-refractivity contribution in [1.82, 2.24) is 0 Å². The molecule has 2 rings (SSSR count). The van der Waals surface area contributed by atoms with Crippen LogP contribution in [0.15, 0.2) is 53.0 Å². The highest BCUT2D eigenvalue weighted by atomic mass is 79.9. The summed E-state index contributed by atoms with van der Waals surface area (Å²) < 4.78 is 5.85. The standard InChI is InChI=1S/C20H18BrNO4/c1-13-3-4-15(18(21)11-13)7-10-20(25)26-12-19(24)16-5-8-17(9-6-16)22-14(2)23/h3-11H,12H2,1-2H3,(H,22,23)/b10-7+. The van der Waals surface area contributed by atoms with Gasteiger partial charge in [0.25, 0.3) is 0 Å². The highest BCUT2D eigenvalue weighted by Crippen LogP contribution is 2.19. The zero-order chi connectivity index (χ0) is 19.1. The van der Waals surface area contributed by atoms with Crippen molar-refractivity contribution < 1.29 is 19.1 Å². The van der Waals surface area contributed by atoms with E-state index in [4.69, 9.17) is 4.74 Å². The zero-order valence-electron chi connectivity index (χ0n) is 14.4. The van der Waals surface area contributed by atoms with E-state index in [1.807, 2.05) is 25.1 Å².